The van der Waals surface area contributed by atoms with E-state index in [1.807, 2.05) is 0 Å². The Balaban J connectivity index is 1.77. The fraction of sp³-hybridized carbons (Fsp3) is 0.800. The van der Waals surface area contributed by atoms with E-state index < -0.39 is 0 Å². The highest BCUT2D eigenvalue weighted by Gasteiger charge is 2.56. The van der Waals surface area contributed by atoms with Crippen LogP contribution in [0, 0.1) is 28.6 Å². The van der Waals surface area contributed by atoms with E-state index in [2.05, 4.69) is 26.5 Å². The average Bonchev–Trinajstić information content (AvgIpc) is 2.81. The molecular weight excluding hydrogens is 240 g/mol. The van der Waals surface area contributed by atoms with Gasteiger partial charge in [-0.2, -0.15) is 0 Å². The van der Waals surface area contributed by atoms with Gasteiger partial charge in [0.2, 0.25) is 0 Å². The van der Waals surface area contributed by atoms with Crippen molar-refractivity contribution in [2.45, 2.75) is 71.6 Å². The van der Waals surface area contributed by atoms with Crippen molar-refractivity contribution in [3.8, 4) is 0 Å². The third-order valence-corrected chi connectivity index (χ3v) is 7.78. The summed E-state index contributed by atoms with van der Waals surface area (Å²) in [4.78, 5) is 0. The van der Waals surface area contributed by atoms with Crippen molar-refractivity contribution in [2.75, 3.05) is 0 Å². The van der Waals surface area contributed by atoms with E-state index in [9.17, 15) is 0 Å². The van der Waals surface area contributed by atoms with E-state index in [4.69, 9.17) is 0 Å². The van der Waals surface area contributed by atoms with Crippen LogP contribution >= 0.6 is 0 Å². The third kappa shape index (κ3) is 1.60. The molecule has 0 saturated heterocycles. The first-order chi connectivity index (χ1) is 9.55. The van der Waals surface area contributed by atoms with Crippen LogP contribution in [0.25, 0.3) is 0 Å². The maximum atomic E-state index is 4.54. The average molecular weight is 270 g/mol. The normalized spacial score (nSPS) is 51.0. The number of hydrogen-bond donors (Lipinski definition) is 0. The molecule has 20 heavy (non-hydrogen) atoms. The molecule has 0 aromatic carbocycles. The lowest BCUT2D eigenvalue weighted by Gasteiger charge is -2.57. The molecule has 0 unspecified atom stereocenters. The zero-order valence-corrected chi connectivity index (χ0v) is 13.4. The molecule has 0 bridgehead atoms. The molecule has 3 fully saturated rings. The molecule has 0 spiro atoms. The van der Waals surface area contributed by atoms with E-state index in [1.165, 1.54) is 63.4 Å². The smallest absolute Gasteiger partial charge is 0.00790 e. The predicted molar refractivity (Wildman–Crippen MR) is 85.5 cm³/mol. The first-order valence-corrected chi connectivity index (χ1v) is 8.94. The van der Waals surface area contributed by atoms with Crippen molar-refractivity contribution in [3.05, 3.63) is 23.8 Å². The summed E-state index contributed by atoms with van der Waals surface area (Å²) in [7, 11) is 0. The molecule has 110 valence electrons. The van der Waals surface area contributed by atoms with Crippen molar-refractivity contribution in [2.24, 2.45) is 28.6 Å². The van der Waals surface area contributed by atoms with Gasteiger partial charge in [0.25, 0.3) is 0 Å². The van der Waals surface area contributed by atoms with Gasteiger partial charge >= 0.3 is 0 Å². The first kappa shape index (κ1) is 13.2. The lowest BCUT2D eigenvalue weighted by molar-refractivity contribution is -0.00470. The van der Waals surface area contributed by atoms with Crippen molar-refractivity contribution < 1.29 is 0 Å². The Hall–Kier alpha value is -0.520. The van der Waals surface area contributed by atoms with Gasteiger partial charge in [-0.1, -0.05) is 50.5 Å². The maximum Gasteiger partial charge on any atom is -0.00790 e. The van der Waals surface area contributed by atoms with E-state index in [0.29, 0.717) is 10.8 Å². The van der Waals surface area contributed by atoms with E-state index in [1.54, 1.807) is 5.57 Å². The second kappa shape index (κ2) is 4.24. The van der Waals surface area contributed by atoms with Crippen LogP contribution in [0.3, 0.4) is 0 Å². The molecule has 0 heteroatoms. The largest absolute Gasteiger partial charge is 0.0955 e. The molecule has 0 heterocycles. The Kier molecular flexibility index (Phi) is 2.79. The minimum Gasteiger partial charge on any atom is -0.0955 e. The number of hydrogen-bond acceptors (Lipinski definition) is 0. The zero-order chi connectivity index (χ0) is 14.0. The van der Waals surface area contributed by atoms with Gasteiger partial charge in [-0.15, -0.1) is 0 Å². The Labute approximate surface area is 124 Å². The second-order valence-electron chi connectivity index (χ2n) is 8.69. The van der Waals surface area contributed by atoms with Gasteiger partial charge in [-0.25, -0.2) is 0 Å². The van der Waals surface area contributed by atoms with Gasteiger partial charge in [-0.3, -0.25) is 0 Å². The van der Waals surface area contributed by atoms with Crippen LogP contribution in [0.15, 0.2) is 23.8 Å². The van der Waals surface area contributed by atoms with Gasteiger partial charge in [0.15, 0.2) is 0 Å². The molecule has 4 aliphatic carbocycles. The van der Waals surface area contributed by atoms with Crippen LogP contribution in [-0.2, 0) is 0 Å². The molecule has 0 aromatic rings. The fourth-order valence-corrected chi connectivity index (χ4v) is 6.59. The van der Waals surface area contributed by atoms with Gasteiger partial charge in [-0.05, 0) is 73.5 Å². The summed E-state index contributed by atoms with van der Waals surface area (Å²) in [5, 5.41) is 0. The Morgan fingerprint density at radius 2 is 1.85 bits per heavy atom. The van der Waals surface area contributed by atoms with Crippen molar-refractivity contribution >= 4 is 0 Å². The van der Waals surface area contributed by atoms with Crippen LogP contribution in [0.4, 0.5) is 0 Å². The van der Waals surface area contributed by atoms with Gasteiger partial charge < -0.3 is 0 Å². The van der Waals surface area contributed by atoms with Crippen LogP contribution in [0.1, 0.15) is 71.6 Å². The highest BCUT2D eigenvalue weighted by Crippen LogP contribution is 2.65. The lowest BCUT2D eigenvalue weighted by atomic mass is 9.47. The highest BCUT2D eigenvalue weighted by atomic mass is 14.6. The summed E-state index contributed by atoms with van der Waals surface area (Å²) < 4.78 is 0. The van der Waals surface area contributed by atoms with Crippen molar-refractivity contribution in [1.82, 2.24) is 0 Å². The maximum absolute atomic E-state index is 4.54. The molecule has 4 rings (SSSR count). The molecule has 0 radical (unpaired) electrons. The molecule has 0 amide bonds. The van der Waals surface area contributed by atoms with Gasteiger partial charge in [0.05, 0.1) is 0 Å². The topological polar surface area (TPSA) is 0 Å². The quantitative estimate of drug-likeness (QED) is 0.514. The van der Waals surface area contributed by atoms with Crippen LogP contribution < -0.4 is 0 Å². The third-order valence-electron chi connectivity index (χ3n) is 7.78. The van der Waals surface area contributed by atoms with Crippen molar-refractivity contribution in [1.29, 1.82) is 0 Å². The summed E-state index contributed by atoms with van der Waals surface area (Å²) in [6, 6.07) is 0. The van der Waals surface area contributed by atoms with E-state index in [0.717, 1.165) is 17.8 Å². The Morgan fingerprint density at radius 3 is 2.70 bits per heavy atom. The summed E-state index contributed by atoms with van der Waals surface area (Å²) in [6.45, 7) is 9.71. The summed E-state index contributed by atoms with van der Waals surface area (Å²) in [5.41, 5.74) is 4.42. The molecule has 5 atom stereocenters. The number of allylic oxidation sites excluding steroid dienone is 3. The van der Waals surface area contributed by atoms with Crippen LogP contribution in [0.2, 0.25) is 0 Å². The van der Waals surface area contributed by atoms with Gasteiger partial charge in [0, 0.05) is 0 Å². The SMILES string of the molecule is C=C1C=C2CCCC[C@]2(C)[C@H]2CC[C@]3(C)CCC[C@H]3[C@H]12. The highest BCUT2D eigenvalue weighted by molar-refractivity contribution is 5.37. The van der Waals surface area contributed by atoms with E-state index >= 15 is 0 Å². The lowest BCUT2D eigenvalue weighted by Crippen LogP contribution is -2.48. The fourth-order valence-electron chi connectivity index (χ4n) is 6.59. The molecule has 0 aliphatic heterocycles. The van der Waals surface area contributed by atoms with Crippen LogP contribution in [0.5, 0.6) is 0 Å². The second-order valence-corrected chi connectivity index (χ2v) is 8.69. The molecule has 0 aromatic heterocycles. The van der Waals surface area contributed by atoms with Crippen molar-refractivity contribution in [3.63, 3.8) is 0 Å². The molecule has 3 saturated carbocycles. The summed E-state index contributed by atoms with van der Waals surface area (Å²) in [5.74, 6) is 2.65. The summed E-state index contributed by atoms with van der Waals surface area (Å²) in [6.07, 6.45) is 15.5. The summed E-state index contributed by atoms with van der Waals surface area (Å²) >= 11 is 0. The first-order valence-electron chi connectivity index (χ1n) is 8.94. The zero-order valence-electron chi connectivity index (χ0n) is 13.4. The number of rotatable bonds is 0. The molecule has 0 nitrogen and oxygen atoms in total. The molecule has 4 aliphatic rings. The van der Waals surface area contributed by atoms with Gasteiger partial charge in [0.1, 0.15) is 0 Å². The Morgan fingerprint density at radius 1 is 1.00 bits per heavy atom. The Bertz CT molecular complexity index is 470. The van der Waals surface area contributed by atoms with Crippen LogP contribution in [-0.4, -0.2) is 0 Å². The molecule has 0 N–H and O–H groups in total. The number of fused-ring (bicyclic) bond motifs is 5. The minimum atomic E-state index is 0.522. The monoisotopic (exact) mass is 270 g/mol. The standard InChI is InChI=1S/C20H30/c1-14-13-15-7-4-5-11-20(15,3)17-9-12-19(2)10-6-8-16(19)18(14)17/h13,16-18H,1,4-12H2,2-3H3/t16-,17-,18-,19-,20-/m0/s1. The predicted octanol–water partition coefficient (Wildman–Crippen LogP) is 5.90. The minimum absolute atomic E-state index is 0.522. The van der Waals surface area contributed by atoms with E-state index in [-0.39, 0.29) is 0 Å². The molecular formula is C20H30.